The maximum absolute atomic E-state index is 13.6. The van der Waals surface area contributed by atoms with Gasteiger partial charge >= 0.3 is 0 Å². The second-order valence-electron chi connectivity index (χ2n) is 5.17. The third-order valence-corrected chi connectivity index (χ3v) is 3.72. The van der Waals surface area contributed by atoms with E-state index in [1.165, 1.54) is 37.3 Å². The molecule has 0 unspecified atom stereocenters. The highest BCUT2D eigenvalue weighted by molar-refractivity contribution is 6.23. The van der Waals surface area contributed by atoms with Crippen LogP contribution in [0.25, 0.3) is 0 Å². The molecule has 1 aliphatic rings. The molecule has 0 bridgehead atoms. The summed E-state index contributed by atoms with van der Waals surface area (Å²) in [5.41, 5.74) is 0.534. The molecule has 6 heteroatoms. The van der Waals surface area contributed by atoms with E-state index in [9.17, 15) is 18.8 Å². The molecule has 0 saturated heterocycles. The van der Waals surface area contributed by atoms with Gasteiger partial charge in [0.15, 0.2) is 0 Å². The zero-order chi connectivity index (χ0) is 16.6. The van der Waals surface area contributed by atoms with Gasteiger partial charge in [0.25, 0.3) is 11.8 Å². The fraction of sp³-hybridized carbons (Fsp3) is 0.118. The molecule has 0 aliphatic carbocycles. The first-order valence-corrected chi connectivity index (χ1v) is 7.03. The van der Waals surface area contributed by atoms with Gasteiger partial charge in [0.1, 0.15) is 11.9 Å². The molecular weight excluding hydrogens is 299 g/mol. The summed E-state index contributed by atoms with van der Waals surface area (Å²) >= 11 is 0. The molecule has 2 aromatic rings. The molecule has 5 nitrogen and oxygen atoms in total. The lowest BCUT2D eigenvalue weighted by molar-refractivity contribution is -0.119. The van der Waals surface area contributed by atoms with E-state index in [1.54, 1.807) is 18.2 Å². The number of fused-ring (bicyclic) bond motifs is 1. The van der Waals surface area contributed by atoms with Crippen molar-refractivity contribution in [3.8, 4) is 0 Å². The Balaban J connectivity index is 1.83. The lowest BCUT2D eigenvalue weighted by Crippen LogP contribution is -2.45. The highest BCUT2D eigenvalue weighted by Gasteiger charge is 2.40. The monoisotopic (exact) mass is 312 g/mol. The Kier molecular flexibility index (Phi) is 3.65. The van der Waals surface area contributed by atoms with E-state index in [0.29, 0.717) is 0 Å². The van der Waals surface area contributed by atoms with Crippen LogP contribution in [0.2, 0.25) is 0 Å². The van der Waals surface area contributed by atoms with Crippen LogP contribution >= 0.6 is 0 Å². The van der Waals surface area contributed by atoms with Gasteiger partial charge in [-0.3, -0.25) is 19.3 Å². The van der Waals surface area contributed by atoms with Gasteiger partial charge < -0.3 is 5.32 Å². The summed E-state index contributed by atoms with van der Waals surface area (Å²) in [5, 5.41) is 2.39. The first-order valence-electron chi connectivity index (χ1n) is 7.03. The van der Waals surface area contributed by atoms with Crippen molar-refractivity contribution in [2.45, 2.75) is 13.0 Å². The van der Waals surface area contributed by atoms with Crippen LogP contribution in [0.15, 0.2) is 48.5 Å². The van der Waals surface area contributed by atoms with Crippen molar-refractivity contribution in [1.29, 1.82) is 0 Å². The summed E-state index contributed by atoms with van der Waals surface area (Å²) in [7, 11) is 0. The van der Waals surface area contributed by atoms with Crippen molar-refractivity contribution < 1.29 is 18.8 Å². The summed E-state index contributed by atoms with van der Waals surface area (Å²) in [4.78, 5) is 37.8. The number of benzene rings is 2. The summed E-state index contributed by atoms with van der Waals surface area (Å²) in [5.74, 6) is -2.27. The molecule has 0 fully saturated rings. The molecule has 0 aromatic heterocycles. The SMILES string of the molecule is C[C@@H](C(=O)Nc1ccccc1F)N1C(=O)c2ccccc2C1=O. The van der Waals surface area contributed by atoms with Gasteiger partial charge in [0, 0.05) is 0 Å². The van der Waals surface area contributed by atoms with Crippen LogP contribution in [0, 0.1) is 5.82 Å². The first-order chi connectivity index (χ1) is 11.0. The summed E-state index contributed by atoms with van der Waals surface area (Å²) in [6, 6.07) is 11.0. The lowest BCUT2D eigenvalue weighted by atomic mass is 10.1. The van der Waals surface area contributed by atoms with E-state index in [0.717, 1.165) is 4.90 Å². The van der Waals surface area contributed by atoms with Crippen LogP contribution in [0.4, 0.5) is 10.1 Å². The molecular formula is C17H13FN2O3. The molecule has 3 amide bonds. The number of carbonyl (C=O) groups is 3. The summed E-state index contributed by atoms with van der Waals surface area (Å²) in [6.45, 7) is 1.43. The number of anilines is 1. The molecule has 3 rings (SSSR count). The highest BCUT2D eigenvalue weighted by atomic mass is 19.1. The van der Waals surface area contributed by atoms with Gasteiger partial charge in [-0.05, 0) is 31.2 Å². The highest BCUT2D eigenvalue weighted by Crippen LogP contribution is 2.25. The van der Waals surface area contributed by atoms with E-state index < -0.39 is 29.6 Å². The number of carbonyl (C=O) groups excluding carboxylic acids is 3. The Morgan fingerprint density at radius 1 is 1.00 bits per heavy atom. The number of imide groups is 1. The Labute approximate surface area is 131 Å². The number of rotatable bonds is 3. The van der Waals surface area contributed by atoms with E-state index in [2.05, 4.69) is 5.32 Å². The number of hydrogen-bond donors (Lipinski definition) is 1. The molecule has 1 atom stereocenters. The van der Waals surface area contributed by atoms with Crippen molar-refractivity contribution in [2.24, 2.45) is 0 Å². The largest absolute Gasteiger partial charge is 0.322 e. The fourth-order valence-electron chi connectivity index (χ4n) is 2.48. The minimum Gasteiger partial charge on any atom is -0.322 e. The van der Waals surface area contributed by atoms with Gasteiger partial charge in [-0.1, -0.05) is 24.3 Å². The Morgan fingerprint density at radius 2 is 1.52 bits per heavy atom. The Hall–Kier alpha value is -3.02. The van der Waals surface area contributed by atoms with Crippen LogP contribution in [0.3, 0.4) is 0 Å². The van der Waals surface area contributed by atoms with Crippen molar-refractivity contribution in [2.75, 3.05) is 5.32 Å². The standard InChI is InChI=1S/C17H13FN2O3/c1-10(15(21)19-14-9-5-4-8-13(14)18)20-16(22)11-6-2-3-7-12(11)17(20)23/h2-10H,1H3,(H,19,21)/t10-/m0/s1. The van der Waals surface area contributed by atoms with Crippen molar-refractivity contribution >= 4 is 23.4 Å². The predicted molar refractivity (Wildman–Crippen MR) is 81.4 cm³/mol. The molecule has 1 aliphatic heterocycles. The maximum atomic E-state index is 13.6. The molecule has 0 saturated carbocycles. The number of amides is 3. The Morgan fingerprint density at radius 3 is 2.09 bits per heavy atom. The van der Waals surface area contributed by atoms with E-state index in [1.807, 2.05) is 0 Å². The zero-order valence-electron chi connectivity index (χ0n) is 12.2. The quantitative estimate of drug-likeness (QED) is 0.885. The van der Waals surface area contributed by atoms with Gasteiger partial charge in [-0.15, -0.1) is 0 Å². The molecule has 1 N–H and O–H groups in total. The maximum Gasteiger partial charge on any atom is 0.262 e. The molecule has 2 aromatic carbocycles. The lowest BCUT2D eigenvalue weighted by Gasteiger charge is -2.21. The minimum absolute atomic E-state index is 0.000888. The molecule has 23 heavy (non-hydrogen) atoms. The normalized spacial score (nSPS) is 14.6. The van der Waals surface area contributed by atoms with Crippen LogP contribution in [-0.4, -0.2) is 28.7 Å². The van der Waals surface area contributed by atoms with Crippen LogP contribution in [0.5, 0.6) is 0 Å². The third-order valence-electron chi connectivity index (χ3n) is 3.72. The zero-order valence-corrected chi connectivity index (χ0v) is 12.2. The van der Waals surface area contributed by atoms with Crippen molar-refractivity contribution in [1.82, 2.24) is 4.90 Å². The van der Waals surface area contributed by atoms with E-state index in [4.69, 9.17) is 0 Å². The van der Waals surface area contributed by atoms with Gasteiger partial charge in [0.2, 0.25) is 5.91 Å². The number of para-hydroxylation sites is 1. The first kappa shape index (κ1) is 14.9. The predicted octanol–water partition coefficient (Wildman–Crippen LogP) is 2.45. The minimum atomic E-state index is -1.05. The molecule has 0 spiro atoms. The smallest absolute Gasteiger partial charge is 0.262 e. The number of nitrogens with one attached hydrogen (secondary N) is 1. The van der Waals surface area contributed by atoms with Crippen molar-refractivity contribution in [3.63, 3.8) is 0 Å². The molecule has 116 valence electrons. The van der Waals surface area contributed by atoms with Crippen LogP contribution in [-0.2, 0) is 4.79 Å². The number of hydrogen-bond acceptors (Lipinski definition) is 3. The third kappa shape index (κ3) is 2.48. The topological polar surface area (TPSA) is 66.5 Å². The van der Waals surface area contributed by atoms with Gasteiger partial charge in [0.05, 0.1) is 16.8 Å². The molecule has 0 radical (unpaired) electrons. The molecule has 1 heterocycles. The van der Waals surface area contributed by atoms with E-state index >= 15 is 0 Å². The van der Waals surface area contributed by atoms with Crippen molar-refractivity contribution in [3.05, 3.63) is 65.5 Å². The van der Waals surface area contributed by atoms with Gasteiger partial charge in [-0.2, -0.15) is 0 Å². The van der Waals surface area contributed by atoms with Crippen LogP contribution < -0.4 is 5.32 Å². The Bertz CT molecular complexity index is 784. The van der Waals surface area contributed by atoms with Crippen LogP contribution in [0.1, 0.15) is 27.6 Å². The summed E-state index contributed by atoms with van der Waals surface area (Å²) < 4.78 is 13.6. The second-order valence-corrected chi connectivity index (χ2v) is 5.17. The average molecular weight is 312 g/mol. The van der Waals surface area contributed by atoms with Gasteiger partial charge in [-0.25, -0.2) is 4.39 Å². The van der Waals surface area contributed by atoms with E-state index in [-0.39, 0.29) is 16.8 Å². The average Bonchev–Trinajstić information content (AvgIpc) is 2.81. The second kappa shape index (κ2) is 5.64. The summed E-state index contributed by atoms with van der Waals surface area (Å²) in [6.07, 6.45) is 0. The number of nitrogens with zero attached hydrogens (tertiary/aromatic N) is 1. The fourth-order valence-corrected chi connectivity index (χ4v) is 2.48. The number of halogens is 1.